The van der Waals surface area contributed by atoms with Gasteiger partial charge in [0.1, 0.15) is 6.29 Å². The van der Waals surface area contributed by atoms with Crippen molar-refractivity contribution in [1.82, 2.24) is 0 Å². The van der Waals surface area contributed by atoms with E-state index in [1.807, 2.05) is 13.0 Å². The van der Waals surface area contributed by atoms with Crippen molar-refractivity contribution in [3.05, 3.63) is 11.6 Å². The zero-order valence-electron chi connectivity index (χ0n) is 9.16. The summed E-state index contributed by atoms with van der Waals surface area (Å²) in [6.45, 7) is 4.02. The van der Waals surface area contributed by atoms with Crippen molar-refractivity contribution in [1.29, 1.82) is 0 Å². The number of halogens is 1. The maximum Gasteiger partial charge on any atom is 0.146 e. The molecule has 2 aliphatic carbocycles. The maximum atomic E-state index is 11.0. The Kier molecular flexibility index (Phi) is 2.59. The maximum absolute atomic E-state index is 11.0. The average Bonchev–Trinajstić information content (AvgIpc) is 2.53. The molecule has 2 aliphatic rings. The number of allylic oxidation sites excluding steroid dienone is 1. The van der Waals surface area contributed by atoms with Crippen molar-refractivity contribution in [2.24, 2.45) is 11.3 Å². The largest absolute Gasteiger partial charge is 0.390 e. The van der Waals surface area contributed by atoms with Crippen molar-refractivity contribution in [2.75, 3.05) is 0 Å². The van der Waals surface area contributed by atoms with Gasteiger partial charge in [0, 0.05) is 10.7 Å². The van der Waals surface area contributed by atoms with Gasteiger partial charge in [0.05, 0.1) is 5.60 Å². The van der Waals surface area contributed by atoms with Gasteiger partial charge in [0.2, 0.25) is 0 Å². The summed E-state index contributed by atoms with van der Waals surface area (Å²) >= 11 is 3.70. The van der Waals surface area contributed by atoms with E-state index in [4.69, 9.17) is 0 Å². The number of rotatable bonds is 1. The second kappa shape index (κ2) is 3.42. The van der Waals surface area contributed by atoms with Crippen molar-refractivity contribution in [3.63, 3.8) is 0 Å². The first-order chi connectivity index (χ1) is 6.92. The van der Waals surface area contributed by atoms with Crippen LogP contribution < -0.4 is 0 Å². The minimum Gasteiger partial charge on any atom is -0.390 e. The van der Waals surface area contributed by atoms with Crippen LogP contribution in [0.1, 0.15) is 33.1 Å². The number of hydrogen-bond donors (Lipinski definition) is 1. The highest BCUT2D eigenvalue weighted by Gasteiger charge is 2.55. The summed E-state index contributed by atoms with van der Waals surface area (Å²) in [4.78, 5) is 11.4. The molecule has 15 heavy (non-hydrogen) atoms. The van der Waals surface area contributed by atoms with E-state index >= 15 is 0 Å². The molecule has 0 heterocycles. The number of hydrogen-bond acceptors (Lipinski definition) is 2. The first-order valence-corrected chi connectivity index (χ1v) is 6.35. The van der Waals surface area contributed by atoms with Crippen molar-refractivity contribution >= 4 is 22.2 Å². The van der Waals surface area contributed by atoms with Crippen molar-refractivity contribution < 1.29 is 9.90 Å². The lowest BCUT2D eigenvalue weighted by Gasteiger charge is -2.49. The third-order valence-electron chi connectivity index (χ3n) is 4.15. The van der Waals surface area contributed by atoms with E-state index in [9.17, 15) is 9.90 Å². The van der Waals surface area contributed by atoms with E-state index in [0.29, 0.717) is 4.83 Å². The molecule has 0 bridgehead atoms. The summed E-state index contributed by atoms with van der Waals surface area (Å²) in [5, 5.41) is 10.4. The number of aldehydes is 1. The van der Waals surface area contributed by atoms with Gasteiger partial charge in [0.25, 0.3) is 0 Å². The standard InChI is InChI=1S/C12H17BrO2/c1-11-5-3-8(7-14)10(11)12(2,15)6-4-9(11)13/h3,7,9-10,15H,4-6H2,1-2H3/t9-,10-,11+,12+/m0/s1. The van der Waals surface area contributed by atoms with Crippen LogP contribution >= 0.6 is 15.9 Å². The first-order valence-electron chi connectivity index (χ1n) is 5.43. The smallest absolute Gasteiger partial charge is 0.146 e. The number of carbonyl (C=O) groups excluding carboxylic acids is 1. The molecular formula is C12H17BrO2. The van der Waals surface area contributed by atoms with Gasteiger partial charge in [-0.15, -0.1) is 0 Å². The molecule has 0 saturated heterocycles. The molecule has 1 saturated carbocycles. The number of alkyl halides is 1. The van der Waals surface area contributed by atoms with Crippen LogP contribution in [0.4, 0.5) is 0 Å². The van der Waals surface area contributed by atoms with Crippen LogP contribution in [0, 0.1) is 11.3 Å². The fourth-order valence-electron chi connectivity index (χ4n) is 3.34. The Morgan fingerprint density at radius 1 is 1.60 bits per heavy atom. The molecule has 0 spiro atoms. The van der Waals surface area contributed by atoms with Crippen LogP contribution in [0.2, 0.25) is 0 Å². The lowest BCUT2D eigenvalue weighted by atomic mass is 9.61. The molecule has 84 valence electrons. The quantitative estimate of drug-likeness (QED) is 0.588. The summed E-state index contributed by atoms with van der Waals surface area (Å²) < 4.78 is 0. The summed E-state index contributed by atoms with van der Waals surface area (Å²) in [5.74, 6) is -0.0133. The van der Waals surface area contributed by atoms with E-state index in [1.165, 1.54) is 0 Å². The monoisotopic (exact) mass is 272 g/mol. The molecule has 4 atom stereocenters. The minimum atomic E-state index is -0.734. The highest BCUT2D eigenvalue weighted by atomic mass is 79.9. The Hall–Kier alpha value is -0.150. The van der Waals surface area contributed by atoms with E-state index in [1.54, 1.807) is 0 Å². The van der Waals surface area contributed by atoms with E-state index < -0.39 is 5.60 Å². The zero-order chi connectivity index (χ0) is 11.3. The van der Waals surface area contributed by atoms with Gasteiger partial charge in [0.15, 0.2) is 0 Å². The molecule has 0 amide bonds. The molecular weight excluding hydrogens is 256 g/mol. The lowest BCUT2D eigenvalue weighted by molar-refractivity contribution is -0.109. The Morgan fingerprint density at radius 3 is 2.87 bits per heavy atom. The Bertz CT molecular complexity index is 322. The van der Waals surface area contributed by atoms with E-state index in [-0.39, 0.29) is 11.3 Å². The third kappa shape index (κ3) is 1.51. The average molecular weight is 273 g/mol. The molecule has 2 rings (SSSR count). The SMILES string of the molecule is C[C@]12CC=C(C=O)[C@@H]1[C@](C)(O)CC[C@@H]2Br. The van der Waals surface area contributed by atoms with Crippen LogP contribution in [0.5, 0.6) is 0 Å². The molecule has 3 heteroatoms. The topological polar surface area (TPSA) is 37.3 Å². The van der Waals surface area contributed by atoms with Gasteiger partial charge in [-0.1, -0.05) is 28.9 Å². The normalized spacial score (nSPS) is 49.7. The van der Waals surface area contributed by atoms with E-state index in [2.05, 4.69) is 22.9 Å². The van der Waals surface area contributed by atoms with Crippen LogP contribution in [-0.4, -0.2) is 21.8 Å². The Balaban J connectivity index is 2.42. The van der Waals surface area contributed by atoms with Gasteiger partial charge in [-0.05, 0) is 37.2 Å². The van der Waals surface area contributed by atoms with Gasteiger partial charge in [-0.2, -0.15) is 0 Å². The summed E-state index contributed by atoms with van der Waals surface area (Å²) in [6.07, 6.45) is 5.52. The van der Waals surface area contributed by atoms with Crippen LogP contribution in [0.3, 0.4) is 0 Å². The highest BCUT2D eigenvalue weighted by Crippen LogP contribution is 2.57. The fraction of sp³-hybridized carbons (Fsp3) is 0.750. The number of aliphatic hydroxyl groups is 1. The molecule has 1 fully saturated rings. The molecule has 0 aliphatic heterocycles. The second-order valence-electron chi connectivity index (χ2n) is 5.33. The lowest BCUT2D eigenvalue weighted by Crippen LogP contribution is -2.51. The molecule has 0 aromatic heterocycles. The van der Waals surface area contributed by atoms with Crippen molar-refractivity contribution in [2.45, 2.75) is 43.5 Å². The molecule has 0 aromatic rings. The van der Waals surface area contributed by atoms with Gasteiger partial charge in [-0.25, -0.2) is 0 Å². The van der Waals surface area contributed by atoms with E-state index in [0.717, 1.165) is 31.1 Å². The Morgan fingerprint density at radius 2 is 2.27 bits per heavy atom. The van der Waals surface area contributed by atoms with Crippen LogP contribution in [-0.2, 0) is 4.79 Å². The molecule has 0 radical (unpaired) electrons. The fourth-order valence-corrected chi connectivity index (χ4v) is 4.02. The Labute approximate surface area is 98.9 Å². The van der Waals surface area contributed by atoms with Gasteiger partial charge < -0.3 is 5.11 Å². The first kappa shape index (κ1) is 11.3. The van der Waals surface area contributed by atoms with Gasteiger partial charge in [-0.3, -0.25) is 4.79 Å². The predicted molar refractivity (Wildman–Crippen MR) is 62.9 cm³/mol. The minimum absolute atomic E-state index is 0.00199. The van der Waals surface area contributed by atoms with Crippen LogP contribution in [0.25, 0.3) is 0 Å². The molecule has 0 aromatic carbocycles. The zero-order valence-corrected chi connectivity index (χ0v) is 10.8. The third-order valence-corrected chi connectivity index (χ3v) is 5.65. The molecule has 0 unspecified atom stereocenters. The summed E-state index contributed by atoms with van der Waals surface area (Å²) in [5.41, 5.74) is 0.0481. The summed E-state index contributed by atoms with van der Waals surface area (Å²) in [7, 11) is 0. The van der Waals surface area contributed by atoms with Crippen molar-refractivity contribution in [3.8, 4) is 0 Å². The van der Waals surface area contributed by atoms with Crippen LogP contribution in [0.15, 0.2) is 11.6 Å². The summed E-state index contributed by atoms with van der Waals surface area (Å²) in [6, 6.07) is 0. The predicted octanol–water partition coefficient (Wildman–Crippen LogP) is 2.45. The number of fused-ring (bicyclic) bond motifs is 1. The van der Waals surface area contributed by atoms with Gasteiger partial charge >= 0.3 is 0 Å². The highest BCUT2D eigenvalue weighted by molar-refractivity contribution is 9.09. The molecule has 1 N–H and O–H groups in total. The molecule has 2 nitrogen and oxygen atoms in total. The second-order valence-corrected chi connectivity index (χ2v) is 6.43. The number of carbonyl (C=O) groups is 1.